The van der Waals surface area contributed by atoms with E-state index in [4.69, 9.17) is 9.84 Å². The molecule has 0 amide bonds. The standard InChI is InChI=1S/C11H12BrFO4/c1-5(11(15)16)3-6-7(12)4-8(17-2)10(14)9(6)13/h4-5,14H,3H2,1-2H3,(H,15,16). The minimum atomic E-state index is -1.02. The lowest BCUT2D eigenvalue weighted by molar-refractivity contribution is -0.141. The van der Waals surface area contributed by atoms with E-state index >= 15 is 0 Å². The van der Waals surface area contributed by atoms with Gasteiger partial charge < -0.3 is 14.9 Å². The topological polar surface area (TPSA) is 66.8 Å². The maximum absolute atomic E-state index is 13.8. The Morgan fingerprint density at radius 2 is 2.24 bits per heavy atom. The molecule has 1 rings (SSSR count). The summed E-state index contributed by atoms with van der Waals surface area (Å²) in [6.07, 6.45) is -0.0146. The van der Waals surface area contributed by atoms with Crippen molar-refractivity contribution in [1.82, 2.24) is 0 Å². The Kier molecular flexibility index (Phi) is 4.34. The van der Waals surface area contributed by atoms with Crippen LogP contribution in [0, 0.1) is 11.7 Å². The van der Waals surface area contributed by atoms with Crippen molar-refractivity contribution in [2.45, 2.75) is 13.3 Å². The highest BCUT2D eigenvalue weighted by atomic mass is 79.9. The van der Waals surface area contributed by atoms with E-state index in [9.17, 15) is 14.3 Å². The third-order valence-corrected chi connectivity index (χ3v) is 3.11. The van der Waals surface area contributed by atoms with E-state index in [1.165, 1.54) is 20.1 Å². The van der Waals surface area contributed by atoms with Crippen molar-refractivity contribution in [1.29, 1.82) is 0 Å². The second-order valence-electron chi connectivity index (χ2n) is 3.65. The van der Waals surface area contributed by atoms with Gasteiger partial charge in [0, 0.05) is 10.0 Å². The molecule has 0 saturated heterocycles. The second kappa shape index (κ2) is 5.35. The number of rotatable bonds is 4. The van der Waals surface area contributed by atoms with Gasteiger partial charge in [0.2, 0.25) is 0 Å². The molecule has 0 bridgehead atoms. The zero-order valence-electron chi connectivity index (χ0n) is 9.33. The van der Waals surface area contributed by atoms with Gasteiger partial charge in [-0.1, -0.05) is 22.9 Å². The van der Waals surface area contributed by atoms with E-state index in [0.717, 1.165) is 0 Å². The van der Waals surface area contributed by atoms with Gasteiger partial charge in [0.1, 0.15) is 0 Å². The molecule has 1 atom stereocenters. The lowest BCUT2D eigenvalue weighted by Crippen LogP contribution is -2.13. The maximum atomic E-state index is 13.8. The number of carbonyl (C=O) groups is 1. The third-order valence-electron chi connectivity index (χ3n) is 2.40. The first kappa shape index (κ1) is 13.8. The van der Waals surface area contributed by atoms with Crippen molar-refractivity contribution in [2.24, 2.45) is 5.92 Å². The molecule has 1 aromatic carbocycles. The predicted molar refractivity (Wildman–Crippen MR) is 62.8 cm³/mol. The molecule has 1 unspecified atom stereocenters. The van der Waals surface area contributed by atoms with E-state index in [1.807, 2.05) is 0 Å². The number of benzene rings is 1. The Labute approximate surface area is 106 Å². The molecular formula is C11H12BrFO4. The number of aliphatic carboxylic acids is 1. The molecule has 0 spiro atoms. The van der Waals surface area contributed by atoms with Gasteiger partial charge in [0.25, 0.3) is 0 Å². The van der Waals surface area contributed by atoms with Gasteiger partial charge in [-0.3, -0.25) is 4.79 Å². The fraction of sp³-hybridized carbons (Fsp3) is 0.364. The zero-order chi connectivity index (χ0) is 13.2. The van der Waals surface area contributed by atoms with Gasteiger partial charge in [0.05, 0.1) is 13.0 Å². The number of carboxylic acid groups (broad SMARTS) is 1. The van der Waals surface area contributed by atoms with Crippen LogP contribution in [-0.2, 0) is 11.2 Å². The number of aromatic hydroxyl groups is 1. The highest BCUT2D eigenvalue weighted by Gasteiger charge is 2.21. The molecule has 0 fully saturated rings. The molecule has 2 N–H and O–H groups in total. The number of halogens is 2. The minimum Gasteiger partial charge on any atom is -0.502 e. The molecule has 17 heavy (non-hydrogen) atoms. The summed E-state index contributed by atoms with van der Waals surface area (Å²) >= 11 is 3.13. The average Bonchev–Trinajstić information content (AvgIpc) is 2.28. The first-order valence-corrected chi connectivity index (χ1v) is 5.64. The number of ether oxygens (including phenoxy) is 1. The van der Waals surface area contributed by atoms with Crippen LogP contribution in [0.3, 0.4) is 0 Å². The summed E-state index contributed by atoms with van der Waals surface area (Å²) in [7, 11) is 1.31. The second-order valence-corrected chi connectivity index (χ2v) is 4.50. The quantitative estimate of drug-likeness (QED) is 0.897. The van der Waals surface area contributed by atoms with Crippen molar-refractivity contribution >= 4 is 21.9 Å². The number of methoxy groups -OCH3 is 1. The van der Waals surface area contributed by atoms with Crippen LogP contribution in [0.25, 0.3) is 0 Å². The Balaban J connectivity index is 3.17. The molecule has 4 nitrogen and oxygen atoms in total. The van der Waals surface area contributed by atoms with Crippen LogP contribution in [0.5, 0.6) is 11.5 Å². The Morgan fingerprint density at radius 3 is 2.71 bits per heavy atom. The van der Waals surface area contributed by atoms with Crippen LogP contribution < -0.4 is 4.74 Å². The fourth-order valence-electron chi connectivity index (χ4n) is 1.36. The highest BCUT2D eigenvalue weighted by Crippen LogP contribution is 2.37. The van der Waals surface area contributed by atoms with Gasteiger partial charge >= 0.3 is 5.97 Å². The highest BCUT2D eigenvalue weighted by molar-refractivity contribution is 9.10. The third kappa shape index (κ3) is 2.88. The lowest BCUT2D eigenvalue weighted by atomic mass is 10.0. The molecule has 94 valence electrons. The van der Waals surface area contributed by atoms with Gasteiger partial charge in [-0.25, -0.2) is 4.39 Å². The van der Waals surface area contributed by atoms with Gasteiger partial charge in [-0.2, -0.15) is 0 Å². The smallest absolute Gasteiger partial charge is 0.306 e. The van der Waals surface area contributed by atoms with Crippen molar-refractivity contribution in [3.8, 4) is 11.5 Å². The molecule has 0 radical (unpaired) electrons. The molecule has 0 aliphatic rings. The largest absolute Gasteiger partial charge is 0.502 e. The molecule has 0 saturated carbocycles. The summed E-state index contributed by atoms with van der Waals surface area (Å²) < 4.78 is 18.9. The summed E-state index contributed by atoms with van der Waals surface area (Å²) in [4.78, 5) is 10.7. The minimum absolute atomic E-state index is 0.00102. The zero-order valence-corrected chi connectivity index (χ0v) is 10.9. The van der Waals surface area contributed by atoms with Crippen molar-refractivity contribution in [2.75, 3.05) is 7.11 Å². The monoisotopic (exact) mass is 306 g/mol. The Hall–Kier alpha value is -1.30. The van der Waals surface area contributed by atoms with Crippen LogP contribution in [-0.4, -0.2) is 23.3 Å². The molecule has 0 heterocycles. The van der Waals surface area contributed by atoms with Crippen molar-refractivity contribution in [3.05, 3.63) is 21.9 Å². The summed E-state index contributed by atoms with van der Waals surface area (Å²) in [6.45, 7) is 1.47. The van der Waals surface area contributed by atoms with Crippen molar-refractivity contribution in [3.63, 3.8) is 0 Å². The summed E-state index contributed by atoms with van der Waals surface area (Å²) in [6, 6.07) is 1.41. The Bertz CT molecular complexity index is 448. The molecule has 0 aromatic heterocycles. The molecule has 6 heteroatoms. The summed E-state index contributed by atoms with van der Waals surface area (Å²) in [5.41, 5.74) is 0.123. The number of carboxylic acids is 1. The number of phenolic OH excluding ortho intramolecular Hbond substituents is 1. The molecule has 0 aliphatic heterocycles. The lowest BCUT2D eigenvalue weighted by Gasteiger charge is -2.13. The predicted octanol–water partition coefficient (Wildman–Crippen LogP) is 2.57. The average molecular weight is 307 g/mol. The van der Waals surface area contributed by atoms with Crippen LogP contribution in [0.15, 0.2) is 10.5 Å². The van der Waals surface area contributed by atoms with Gasteiger partial charge in [-0.15, -0.1) is 0 Å². The van der Waals surface area contributed by atoms with Crippen LogP contribution >= 0.6 is 15.9 Å². The van der Waals surface area contributed by atoms with Crippen molar-refractivity contribution < 1.29 is 24.1 Å². The van der Waals surface area contributed by atoms with Crippen LogP contribution in [0.1, 0.15) is 12.5 Å². The normalized spacial score (nSPS) is 12.2. The number of hydrogen-bond acceptors (Lipinski definition) is 3. The van der Waals surface area contributed by atoms with Crippen LogP contribution in [0.4, 0.5) is 4.39 Å². The van der Waals surface area contributed by atoms with Gasteiger partial charge in [-0.05, 0) is 12.5 Å². The first-order chi connectivity index (χ1) is 7.88. The maximum Gasteiger partial charge on any atom is 0.306 e. The van der Waals surface area contributed by atoms with E-state index in [1.54, 1.807) is 0 Å². The number of hydrogen-bond donors (Lipinski definition) is 2. The first-order valence-electron chi connectivity index (χ1n) is 4.85. The van der Waals surface area contributed by atoms with E-state index in [2.05, 4.69) is 15.9 Å². The van der Waals surface area contributed by atoms with Gasteiger partial charge in [0.15, 0.2) is 17.3 Å². The molecule has 0 aliphatic carbocycles. The SMILES string of the molecule is COc1cc(Br)c(CC(C)C(=O)O)c(F)c1O. The van der Waals surface area contributed by atoms with Crippen LogP contribution in [0.2, 0.25) is 0 Å². The summed E-state index contributed by atoms with van der Waals surface area (Å²) in [5.74, 6) is -3.23. The Morgan fingerprint density at radius 1 is 1.65 bits per heavy atom. The van der Waals surface area contributed by atoms with E-state index < -0.39 is 23.5 Å². The van der Waals surface area contributed by atoms with E-state index in [-0.39, 0.29) is 17.7 Å². The molecule has 1 aromatic rings. The van der Waals surface area contributed by atoms with E-state index in [0.29, 0.717) is 4.47 Å². The molecular weight excluding hydrogens is 295 g/mol. The fourth-order valence-corrected chi connectivity index (χ4v) is 1.91. The number of phenols is 1. The summed E-state index contributed by atoms with van der Waals surface area (Å²) in [5, 5.41) is 18.3.